The molecule has 1 aliphatic rings. The summed E-state index contributed by atoms with van der Waals surface area (Å²) in [6.45, 7) is 8.85. The second kappa shape index (κ2) is 7.26. The summed E-state index contributed by atoms with van der Waals surface area (Å²) in [5, 5.41) is 0. The van der Waals surface area contributed by atoms with Crippen molar-refractivity contribution in [1.29, 1.82) is 0 Å². The van der Waals surface area contributed by atoms with E-state index in [1.54, 1.807) is 0 Å². The van der Waals surface area contributed by atoms with E-state index in [9.17, 15) is 4.21 Å². The van der Waals surface area contributed by atoms with E-state index in [0.717, 1.165) is 16.2 Å². The molecule has 0 N–H and O–H groups in total. The predicted octanol–water partition coefficient (Wildman–Crippen LogP) is 5.77. The summed E-state index contributed by atoms with van der Waals surface area (Å²) in [5.74, 6) is 0. The van der Waals surface area contributed by atoms with Crippen LogP contribution in [0.4, 0.5) is 0 Å². The first-order valence-corrected chi connectivity index (χ1v) is 9.23. The lowest BCUT2D eigenvalue weighted by Gasteiger charge is -2.32. The van der Waals surface area contributed by atoms with Gasteiger partial charge in [0.15, 0.2) is 0 Å². The van der Waals surface area contributed by atoms with Gasteiger partial charge < -0.3 is 0 Å². The molecule has 2 rings (SSSR count). The highest BCUT2D eigenvalue weighted by molar-refractivity contribution is 7.89. The first-order valence-electron chi connectivity index (χ1n) is 8.08. The van der Waals surface area contributed by atoms with Crippen LogP contribution in [0.15, 0.2) is 63.1 Å². The molecule has 118 valence electrons. The third-order valence-corrected chi connectivity index (χ3v) is 5.98. The van der Waals surface area contributed by atoms with Gasteiger partial charge in [-0.05, 0) is 61.8 Å². The Kier molecular flexibility index (Phi) is 5.61. The minimum absolute atomic E-state index is 0.197. The molecule has 0 radical (unpaired) electrons. The van der Waals surface area contributed by atoms with E-state index in [2.05, 4.69) is 32.6 Å². The molecule has 0 saturated carbocycles. The maximum absolute atomic E-state index is 12.7. The lowest BCUT2D eigenvalue weighted by Crippen LogP contribution is -2.18. The Hall–Kier alpha value is -1.37. The molecule has 0 amide bonds. The van der Waals surface area contributed by atoms with Gasteiger partial charge in [0.05, 0.1) is 15.7 Å². The van der Waals surface area contributed by atoms with E-state index in [-0.39, 0.29) is 5.41 Å². The zero-order valence-electron chi connectivity index (χ0n) is 14.1. The molecule has 0 heterocycles. The number of benzene rings is 1. The van der Waals surface area contributed by atoms with Crippen LogP contribution in [0.25, 0.3) is 0 Å². The van der Waals surface area contributed by atoms with Crippen molar-refractivity contribution in [2.75, 3.05) is 0 Å². The highest BCUT2D eigenvalue weighted by atomic mass is 32.2. The normalized spacial score (nSPS) is 18.5. The van der Waals surface area contributed by atoms with Crippen molar-refractivity contribution in [3.8, 4) is 0 Å². The first kappa shape index (κ1) is 17.0. The minimum Gasteiger partial charge on any atom is -0.249 e. The van der Waals surface area contributed by atoms with Gasteiger partial charge in [-0.3, -0.25) is 0 Å². The summed E-state index contributed by atoms with van der Waals surface area (Å²) >= 11 is 0. The zero-order valence-corrected chi connectivity index (χ0v) is 14.9. The van der Waals surface area contributed by atoms with Crippen LogP contribution < -0.4 is 0 Å². The van der Waals surface area contributed by atoms with Gasteiger partial charge in [0, 0.05) is 4.90 Å². The Morgan fingerprint density at radius 2 is 2.00 bits per heavy atom. The van der Waals surface area contributed by atoms with Gasteiger partial charge in [0.25, 0.3) is 0 Å². The molecule has 0 bridgehead atoms. The van der Waals surface area contributed by atoms with Crippen molar-refractivity contribution in [2.45, 2.75) is 58.3 Å². The third-order valence-electron chi connectivity index (χ3n) is 4.42. The van der Waals surface area contributed by atoms with Crippen molar-refractivity contribution < 1.29 is 4.21 Å². The molecule has 1 unspecified atom stereocenters. The number of hydrogen-bond acceptors (Lipinski definition) is 1. The Balaban J connectivity index is 2.38. The molecule has 0 spiro atoms. The molecule has 1 nitrogen and oxygen atoms in total. The standard InChI is InChI=1S/C20H26OS/c1-5-17(22(21)18-11-7-6-8-12-18)13-14-19-16(2)10-9-15-20(19,3)4/h6-8,11-12,14H,5,9-10,15H2,1-4H3. The highest BCUT2D eigenvalue weighted by Crippen LogP contribution is 2.40. The molecular formula is C20H26OS. The SMILES string of the molecule is CCC(=C=CC1=C(C)CCCC1(C)C)S(=O)c1ccccc1. The molecule has 22 heavy (non-hydrogen) atoms. The minimum atomic E-state index is -1.11. The summed E-state index contributed by atoms with van der Waals surface area (Å²) in [4.78, 5) is 1.72. The van der Waals surface area contributed by atoms with E-state index >= 15 is 0 Å². The molecule has 1 atom stereocenters. The van der Waals surface area contributed by atoms with Crippen molar-refractivity contribution in [3.63, 3.8) is 0 Å². The van der Waals surface area contributed by atoms with E-state index in [0.29, 0.717) is 0 Å². The fourth-order valence-corrected chi connectivity index (χ4v) is 4.20. The monoisotopic (exact) mass is 314 g/mol. The van der Waals surface area contributed by atoms with Crippen LogP contribution in [0.1, 0.15) is 53.4 Å². The van der Waals surface area contributed by atoms with Crippen molar-refractivity contribution in [1.82, 2.24) is 0 Å². The van der Waals surface area contributed by atoms with Crippen molar-refractivity contribution in [2.24, 2.45) is 5.41 Å². The molecule has 1 aliphatic carbocycles. The van der Waals surface area contributed by atoms with Gasteiger partial charge >= 0.3 is 0 Å². The Morgan fingerprint density at radius 1 is 1.32 bits per heavy atom. The van der Waals surface area contributed by atoms with Gasteiger partial charge in [-0.2, -0.15) is 0 Å². The van der Waals surface area contributed by atoms with Crippen LogP contribution in [0.3, 0.4) is 0 Å². The molecule has 0 saturated heterocycles. The smallest absolute Gasteiger partial charge is 0.0886 e. The van der Waals surface area contributed by atoms with Gasteiger partial charge in [-0.25, -0.2) is 4.21 Å². The van der Waals surface area contributed by atoms with Gasteiger partial charge in [-0.15, -0.1) is 5.73 Å². The maximum atomic E-state index is 12.7. The Labute approximate surface area is 137 Å². The maximum Gasteiger partial charge on any atom is 0.0886 e. The van der Waals surface area contributed by atoms with Crippen LogP contribution in [-0.4, -0.2) is 4.21 Å². The van der Waals surface area contributed by atoms with Crippen LogP contribution in [-0.2, 0) is 10.8 Å². The summed E-state index contributed by atoms with van der Waals surface area (Å²) in [7, 11) is -1.11. The molecule has 0 fully saturated rings. The number of allylic oxidation sites excluding steroid dienone is 3. The first-order chi connectivity index (χ1) is 10.5. The fourth-order valence-electron chi connectivity index (χ4n) is 3.09. The molecular weight excluding hydrogens is 288 g/mol. The Morgan fingerprint density at radius 3 is 2.59 bits per heavy atom. The highest BCUT2D eigenvalue weighted by Gasteiger charge is 2.26. The summed E-state index contributed by atoms with van der Waals surface area (Å²) in [5.41, 5.74) is 6.37. The second-order valence-corrected chi connectivity index (χ2v) is 8.08. The molecule has 2 heteroatoms. The summed E-state index contributed by atoms with van der Waals surface area (Å²) < 4.78 is 12.7. The Bertz CT molecular complexity index is 644. The number of rotatable bonds is 4. The van der Waals surface area contributed by atoms with Crippen molar-refractivity contribution >= 4 is 10.8 Å². The number of hydrogen-bond donors (Lipinski definition) is 0. The van der Waals surface area contributed by atoms with Crippen LogP contribution in [0.2, 0.25) is 0 Å². The average Bonchev–Trinajstić information content (AvgIpc) is 2.50. The quantitative estimate of drug-likeness (QED) is 0.645. The molecule has 1 aromatic rings. The fraction of sp³-hybridized carbons (Fsp3) is 0.450. The molecule has 0 aromatic heterocycles. The van der Waals surface area contributed by atoms with E-state index in [1.807, 2.05) is 37.3 Å². The lowest BCUT2D eigenvalue weighted by molar-refractivity contribution is 0.377. The van der Waals surface area contributed by atoms with E-state index in [4.69, 9.17) is 0 Å². The average molecular weight is 314 g/mol. The molecule has 0 aliphatic heterocycles. The van der Waals surface area contributed by atoms with Crippen LogP contribution in [0.5, 0.6) is 0 Å². The summed E-state index contributed by atoms with van der Waals surface area (Å²) in [6, 6.07) is 9.65. The van der Waals surface area contributed by atoms with Gasteiger partial charge in [0.2, 0.25) is 0 Å². The van der Waals surface area contributed by atoms with Crippen molar-refractivity contribution in [3.05, 3.63) is 58.2 Å². The lowest BCUT2D eigenvalue weighted by atomic mass is 9.73. The second-order valence-electron chi connectivity index (χ2n) is 6.58. The van der Waals surface area contributed by atoms with Crippen LogP contribution >= 0.6 is 0 Å². The predicted molar refractivity (Wildman–Crippen MR) is 95.1 cm³/mol. The molecule has 1 aromatic carbocycles. The van der Waals surface area contributed by atoms with Crippen LogP contribution in [0, 0.1) is 5.41 Å². The third kappa shape index (κ3) is 3.88. The van der Waals surface area contributed by atoms with E-state index < -0.39 is 10.8 Å². The largest absolute Gasteiger partial charge is 0.249 e. The van der Waals surface area contributed by atoms with Gasteiger partial charge in [-0.1, -0.05) is 44.5 Å². The summed E-state index contributed by atoms with van der Waals surface area (Å²) in [6.07, 6.45) is 6.48. The van der Waals surface area contributed by atoms with E-state index in [1.165, 1.54) is 30.4 Å². The zero-order chi connectivity index (χ0) is 16.2. The van der Waals surface area contributed by atoms with Gasteiger partial charge in [0.1, 0.15) is 0 Å². The topological polar surface area (TPSA) is 17.1 Å².